The van der Waals surface area contributed by atoms with Crippen LogP contribution in [0.3, 0.4) is 0 Å². The molecular weight excluding hydrogens is 216 g/mol. The molecule has 4 nitrogen and oxygen atoms in total. The number of nitrogens with two attached hydrogens (primary N) is 1. The normalized spacial score (nSPS) is 27.9. The number of aromatic nitrogens is 1. The van der Waals surface area contributed by atoms with E-state index in [0.717, 1.165) is 5.69 Å². The minimum Gasteiger partial charge on any atom is -0.475 e. The molecule has 1 aromatic rings. The summed E-state index contributed by atoms with van der Waals surface area (Å²) in [6, 6.07) is 5.75. The maximum Gasteiger partial charge on any atom is 0.213 e. The Hall–Kier alpha value is -1.13. The van der Waals surface area contributed by atoms with Gasteiger partial charge in [0.15, 0.2) is 0 Å². The molecule has 0 radical (unpaired) electrons. The summed E-state index contributed by atoms with van der Waals surface area (Å²) < 4.78 is 5.58. The van der Waals surface area contributed by atoms with Gasteiger partial charge in [0, 0.05) is 18.0 Å². The number of nitrogens with zero attached hydrogens (tertiary/aromatic N) is 1. The molecule has 94 valence electrons. The number of aliphatic hydroxyl groups is 1. The fourth-order valence-electron chi connectivity index (χ4n) is 2.34. The fourth-order valence-corrected chi connectivity index (χ4v) is 2.34. The van der Waals surface area contributed by atoms with Crippen LogP contribution in [0.25, 0.3) is 0 Å². The molecule has 0 atom stereocenters. The molecule has 1 heterocycles. The Bertz CT molecular complexity index is 387. The third-order valence-electron chi connectivity index (χ3n) is 3.27. The van der Waals surface area contributed by atoms with Gasteiger partial charge in [0.25, 0.3) is 0 Å². The summed E-state index contributed by atoms with van der Waals surface area (Å²) in [4.78, 5) is 4.50. The van der Waals surface area contributed by atoms with E-state index in [1.165, 1.54) is 0 Å². The van der Waals surface area contributed by atoms with Crippen molar-refractivity contribution >= 4 is 0 Å². The van der Waals surface area contributed by atoms with Crippen LogP contribution in [0.5, 0.6) is 5.88 Å². The number of hydrogen-bond donors (Lipinski definition) is 2. The Morgan fingerprint density at radius 3 is 2.76 bits per heavy atom. The lowest BCUT2D eigenvalue weighted by Crippen LogP contribution is -2.50. The van der Waals surface area contributed by atoms with Gasteiger partial charge in [-0.05, 0) is 32.8 Å². The summed E-state index contributed by atoms with van der Waals surface area (Å²) >= 11 is 0. The lowest BCUT2D eigenvalue weighted by atomic mass is 9.64. The third-order valence-corrected chi connectivity index (χ3v) is 3.27. The van der Waals surface area contributed by atoms with Gasteiger partial charge in [-0.2, -0.15) is 0 Å². The van der Waals surface area contributed by atoms with Crippen LogP contribution in [0.4, 0.5) is 0 Å². The average molecular weight is 236 g/mol. The molecule has 0 saturated heterocycles. The molecule has 0 spiro atoms. The Labute approximate surface area is 102 Å². The Balaban J connectivity index is 2.20. The van der Waals surface area contributed by atoms with Crippen LogP contribution in [-0.2, 0) is 5.41 Å². The highest BCUT2D eigenvalue weighted by molar-refractivity contribution is 5.27. The number of ether oxygens (including phenoxy) is 1. The fraction of sp³-hybridized carbons (Fsp3) is 0.615. The zero-order valence-corrected chi connectivity index (χ0v) is 10.4. The Morgan fingerprint density at radius 1 is 1.53 bits per heavy atom. The van der Waals surface area contributed by atoms with Crippen LogP contribution in [0, 0.1) is 0 Å². The molecule has 1 aliphatic rings. The minimum absolute atomic E-state index is 0.110. The number of hydrogen-bond acceptors (Lipinski definition) is 4. The molecule has 0 aliphatic heterocycles. The van der Waals surface area contributed by atoms with E-state index in [-0.39, 0.29) is 17.6 Å². The summed E-state index contributed by atoms with van der Waals surface area (Å²) in [5, 5.41) is 9.48. The summed E-state index contributed by atoms with van der Waals surface area (Å²) in [5.41, 5.74) is 6.60. The van der Waals surface area contributed by atoms with Crippen molar-refractivity contribution in [3.05, 3.63) is 23.9 Å². The number of rotatable bonds is 4. The second-order valence-corrected chi connectivity index (χ2v) is 5.07. The Morgan fingerprint density at radius 2 is 2.24 bits per heavy atom. The molecule has 1 fully saturated rings. The quantitative estimate of drug-likeness (QED) is 0.824. The van der Waals surface area contributed by atoms with Gasteiger partial charge in [-0.1, -0.05) is 6.07 Å². The second-order valence-electron chi connectivity index (χ2n) is 5.07. The highest BCUT2D eigenvalue weighted by Crippen LogP contribution is 2.42. The first-order chi connectivity index (χ1) is 8.05. The molecule has 1 aliphatic carbocycles. The predicted molar refractivity (Wildman–Crippen MR) is 66.0 cm³/mol. The second kappa shape index (κ2) is 4.63. The van der Waals surface area contributed by atoms with Crippen molar-refractivity contribution in [2.24, 2.45) is 5.73 Å². The van der Waals surface area contributed by atoms with Gasteiger partial charge in [-0.15, -0.1) is 0 Å². The number of pyridine rings is 1. The average Bonchev–Trinajstić information content (AvgIpc) is 2.24. The summed E-state index contributed by atoms with van der Waals surface area (Å²) in [5.74, 6) is 0.631. The highest BCUT2D eigenvalue weighted by atomic mass is 16.5. The minimum atomic E-state index is -0.241. The molecule has 2 rings (SSSR count). The van der Waals surface area contributed by atoms with Crippen molar-refractivity contribution < 1.29 is 9.84 Å². The summed E-state index contributed by atoms with van der Waals surface area (Å²) in [6.07, 6.45) is 1.26. The van der Waals surface area contributed by atoms with E-state index in [1.54, 1.807) is 0 Å². The maximum absolute atomic E-state index is 9.48. The number of aliphatic hydroxyl groups excluding tert-OH is 1. The van der Waals surface area contributed by atoms with E-state index in [4.69, 9.17) is 10.5 Å². The molecule has 1 saturated carbocycles. The monoisotopic (exact) mass is 236 g/mol. The van der Waals surface area contributed by atoms with E-state index in [0.29, 0.717) is 25.3 Å². The van der Waals surface area contributed by atoms with Gasteiger partial charge < -0.3 is 15.6 Å². The standard InChI is InChI=1S/C13H20N2O2/c1-9(2)17-12-5-3-4-11(15-12)13(8-14)6-10(16)7-13/h3-5,9-10,16H,6-8,14H2,1-2H3. The van der Waals surface area contributed by atoms with E-state index in [2.05, 4.69) is 4.98 Å². The zero-order valence-electron chi connectivity index (χ0n) is 10.4. The lowest BCUT2D eigenvalue weighted by Gasteiger charge is -2.44. The first-order valence-corrected chi connectivity index (χ1v) is 6.08. The van der Waals surface area contributed by atoms with Crippen LogP contribution in [0.15, 0.2) is 18.2 Å². The zero-order chi connectivity index (χ0) is 12.5. The van der Waals surface area contributed by atoms with E-state index in [9.17, 15) is 5.11 Å². The molecule has 0 aromatic carbocycles. The van der Waals surface area contributed by atoms with Crippen molar-refractivity contribution in [2.75, 3.05) is 6.54 Å². The maximum atomic E-state index is 9.48. The van der Waals surface area contributed by atoms with Crippen molar-refractivity contribution in [3.8, 4) is 5.88 Å². The third kappa shape index (κ3) is 2.42. The van der Waals surface area contributed by atoms with E-state index >= 15 is 0 Å². The van der Waals surface area contributed by atoms with Crippen LogP contribution in [-0.4, -0.2) is 28.8 Å². The van der Waals surface area contributed by atoms with Gasteiger partial charge in [0.1, 0.15) is 0 Å². The first-order valence-electron chi connectivity index (χ1n) is 6.08. The van der Waals surface area contributed by atoms with E-state index < -0.39 is 0 Å². The van der Waals surface area contributed by atoms with Crippen LogP contribution in [0.1, 0.15) is 32.4 Å². The van der Waals surface area contributed by atoms with Gasteiger partial charge >= 0.3 is 0 Å². The molecule has 0 unspecified atom stereocenters. The van der Waals surface area contributed by atoms with Gasteiger partial charge in [0.2, 0.25) is 5.88 Å². The van der Waals surface area contributed by atoms with Gasteiger partial charge in [0.05, 0.1) is 17.9 Å². The lowest BCUT2D eigenvalue weighted by molar-refractivity contribution is 0.0196. The van der Waals surface area contributed by atoms with Crippen molar-refractivity contribution in [1.29, 1.82) is 0 Å². The largest absolute Gasteiger partial charge is 0.475 e. The van der Waals surface area contributed by atoms with Gasteiger partial charge in [-0.3, -0.25) is 0 Å². The van der Waals surface area contributed by atoms with Gasteiger partial charge in [-0.25, -0.2) is 4.98 Å². The first kappa shape index (κ1) is 12.3. The van der Waals surface area contributed by atoms with Crippen molar-refractivity contribution in [1.82, 2.24) is 4.98 Å². The Kier molecular flexibility index (Phi) is 3.35. The predicted octanol–water partition coefficient (Wildman–Crippen LogP) is 1.22. The smallest absolute Gasteiger partial charge is 0.213 e. The molecule has 3 N–H and O–H groups in total. The summed E-state index contributed by atoms with van der Waals surface area (Å²) in [7, 11) is 0. The molecular formula is C13H20N2O2. The highest BCUT2D eigenvalue weighted by Gasteiger charge is 2.45. The van der Waals surface area contributed by atoms with Crippen LogP contribution in [0.2, 0.25) is 0 Å². The van der Waals surface area contributed by atoms with Crippen LogP contribution >= 0.6 is 0 Å². The summed E-state index contributed by atoms with van der Waals surface area (Å²) in [6.45, 7) is 4.46. The van der Waals surface area contributed by atoms with Crippen molar-refractivity contribution in [3.63, 3.8) is 0 Å². The van der Waals surface area contributed by atoms with Crippen LogP contribution < -0.4 is 10.5 Å². The molecule has 4 heteroatoms. The topological polar surface area (TPSA) is 68.4 Å². The molecule has 1 aromatic heterocycles. The molecule has 0 bridgehead atoms. The molecule has 17 heavy (non-hydrogen) atoms. The SMILES string of the molecule is CC(C)Oc1cccc(C2(CN)CC(O)C2)n1. The van der Waals surface area contributed by atoms with E-state index in [1.807, 2.05) is 32.0 Å². The molecule has 0 amide bonds. The van der Waals surface area contributed by atoms with Crippen molar-refractivity contribution in [2.45, 2.75) is 44.3 Å².